The Balaban J connectivity index is 1.55. The number of fused-ring (bicyclic) bond motifs is 1. The maximum Gasteiger partial charge on any atom is 0.481 e. The normalized spacial score (nSPS) is 22.7. The van der Waals surface area contributed by atoms with Crippen LogP contribution in [-0.2, 0) is 45.9 Å². The second kappa shape index (κ2) is 18.6. The van der Waals surface area contributed by atoms with Gasteiger partial charge >= 0.3 is 29.1 Å². The van der Waals surface area contributed by atoms with Crippen molar-refractivity contribution in [2.24, 2.45) is 5.41 Å². The van der Waals surface area contributed by atoms with Crippen molar-refractivity contribution < 1.29 is 80.3 Å². The highest BCUT2D eigenvalue weighted by atomic mass is 33.1. The number of phosphoric ester groups is 3. The van der Waals surface area contributed by atoms with Crippen LogP contribution in [0, 0.1) is 5.41 Å². The number of anilines is 1. The predicted molar refractivity (Wildman–Crippen MR) is 181 cm³/mol. The summed E-state index contributed by atoms with van der Waals surface area (Å²) in [4.78, 5) is 70.4. The Morgan fingerprint density at radius 1 is 1.14 bits per heavy atom. The molecular weight excluding hydrogens is 785 g/mol. The number of aromatic nitrogens is 3. The maximum atomic E-state index is 12.6. The number of pyridine rings is 1. The highest BCUT2D eigenvalue weighted by molar-refractivity contribution is 8.76. The second-order valence-electron chi connectivity index (χ2n) is 11.5. The topological polar surface area (TPSA) is 336 Å². The molecule has 1 aliphatic rings. The molecule has 27 heteroatoms. The number of nitrogens with two attached hydrogens (primary N) is 1. The number of rotatable bonds is 21. The third-order valence-electron chi connectivity index (χ3n) is 6.95. The van der Waals surface area contributed by atoms with Crippen LogP contribution in [-0.4, -0.2) is 114 Å². The number of hydrogen-bond donors (Lipinski definition) is 10. The number of nitrogens with one attached hydrogen (secondary N) is 3. The van der Waals surface area contributed by atoms with Crippen molar-refractivity contribution in [3.05, 3.63) is 18.6 Å². The standard InChI is InChI=1S/C24H41N6O16P3S2/c1-4-50-51-10-9-26-16(31)6-8-28-22(34)20(33)24(2,3)12-43-49(40,41)46-48(38,39)42-11-15-19(45-47(35,36)37)18(32)23(44-15)30-13-29-17-14(25)5-7-27-21(17)30/h5,7,13,15,18-20,23,32-33H,4,6,8-12H2,1-3H3,(H8,25,26,27,28,31,34,35,36,37,38,39,40,41)/p+1/t15-,18?,19+,20-,23-/m1/s1. The van der Waals surface area contributed by atoms with Gasteiger partial charge in [-0.1, -0.05) is 42.4 Å². The Bertz CT molecular complexity index is 1650. The van der Waals surface area contributed by atoms with Crippen LogP contribution in [0.5, 0.6) is 0 Å². The molecule has 0 saturated carbocycles. The highest BCUT2D eigenvalue weighted by Gasteiger charge is 2.52. The number of carbonyl (C=O) groups is 2. The summed E-state index contributed by atoms with van der Waals surface area (Å²) in [6.45, 7) is 2.95. The predicted octanol–water partition coefficient (Wildman–Crippen LogP) is -0.170. The number of aliphatic hydroxyl groups excluding tert-OH is 2. The minimum atomic E-state index is -5.53. The van der Waals surface area contributed by atoms with Gasteiger partial charge in [0.1, 0.15) is 30.6 Å². The highest BCUT2D eigenvalue weighted by Crippen LogP contribution is 2.61. The lowest BCUT2D eigenvalue weighted by Gasteiger charge is -2.30. The van der Waals surface area contributed by atoms with E-state index in [1.807, 2.05) is 6.92 Å². The Kier molecular flexibility index (Phi) is 15.9. The molecule has 22 nitrogen and oxygen atoms in total. The molecule has 0 radical (unpaired) electrons. The number of phosphoric acid groups is 3. The molecule has 2 amide bonds. The molecule has 0 aromatic carbocycles. The quantitative estimate of drug-likeness (QED) is 0.0338. The maximum absolute atomic E-state index is 12.6. The molecule has 1 aliphatic heterocycles. The Labute approximate surface area is 299 Å². The summed E-state index contributed by atoms with van der Waals surface area (Å²) in [7, 11) is -13.0. The summed E-state index contributed by atoms with van der Waals surface area (Å²) in [5.41, 5.74) is 5.09. The molecular formula is C24H42N6O16P3S2+. The van der Waals surface area contributed by atoms with Gasteiger partial charge in [-0.15, -0.1) is 4.98 Å². The van der Waals surface area contributed by atoms with Gasteiger partial charge in [0.15, 0.2) is 11.8 Å². The molecule has 0 bridgehead atoms. The number of carbonyl (C=O) groups excluding carboxylic acids is 2. The van der Waals surface area contributed by atoms with E-state index in [1.54, 1.807) is 21.6 Å². The molecule has 2 aromatic rings. The van der Waals surface area contributed by atoms with Crippen LogP contribution >= 0.6 is 45.1 Å². The summed E-state index contributed by atoms with van der Waals surface area (Å²) in [5.74, 6) is 0.391. The zero-order valence-corrected chi connectivity index (χ0v) is 31.8. The van der Waals surface area contributed by atoms with Crippen molar-refractivity contribution in [1.82, 2.24) is 20.6 Å². The van der Waals surface area contributed by atoms with Gasteiger partial charge in [0.05, 0.1) is 18.9 Å². The molecule has 3 rings (SSSR count). The van der Waals surface area contributed by atoms with Crippen molar-refractivity contribution in [2.75, 3.05) is 43.5 Å². The van der Waals surface area contributed by atoms with Crippen molar-refractivity contribution in [1.29, 1.82) is 0 Å². The number of imidazole rings is 1. The Hall–Kier alpha value is -1.69. The molecule has 3 unspecified atom stereocenters. The number of nitrogens with zero attached hydrogens (tertiary/aromatic N) is 2. The van der Waals surface area contributed by atoms with Gasteiger partial charge in [-0.2, -0.15) is 4.31 Å². The van der Waals surface area contributed by atoms with Gasteiger partial charge in [0.2, 0.25) is 18.0 Å². The van der Waals surface area contributed by atoms with Crippen molar-refractivity contribution in [3.63, 3.8) is 0 Å². The van der Waals surface area contributed by atoms with Gasteiger partial charge < -0.3 is 50.9 Å². The van der Waals surface area contributed by atoms with Crippen LogP contribution in [0.4, 0.5) is 5.69 Å². The van der Waals surface area contributed by atoms with E-state index in [4.69, 9.17) is 19.5 Å². The van der Waals surface area contributed by atoms with Crippen LogP contribution in [0.25, 0.3) is 11.2 Å². The largest absolute Gasteiger partial charge is 0.481 e. The number of hydrogen-bond acceptors (Lipinski definition) is 16. The van der Waals surface area contributed by atoms with E-state index in [0.717, 1.165) is 5.75 Å². The fraction of sp³-hybridized carbons (Fsp3) is 0.667. The molecule has 290 valence electrons. The van der Waals surface area contributed by atoms with E-state index in [-0.39, 0.29) is 30.2 Å². The van der Waals surface area contributed by atoms with Crippen LogP contribution < -0.4 is 20.9 Å². The molecule has 2 aromatic heterocycles. The fourth-order valence-electron chi connectivity index (χ4n) is 4.46. The number of nitrogen functional groups attached to an aromatic ring is 1. The average Bonchev–Trinajstić information content (AvgIpc) is 3.58. The van der Waals surface area contributed by atoms with Gasteiger partial charge in [0, 0.05) is 36.4 Å². The van der Waals surface area contributed by atoms with Crippen LogP contribution in [0.15, 0.2) is 18.6 Å². The Morgan fingerprint density at radius 2 is 1.82 bits per heavy atom. The van der Waals surface area contributed by atoms with Crippen LogP contribution in [0.1, 0.15) is 33.4 Å². The van der Waals surface area contributed by atoms with E-state index in [1.165, 1.54) is 37.0 Å². The number of ether oxygens (including phenoxy) is 1. The molecule has 3 heterocycles. The van der Waals surface area contributed by atoms with Gasteiger partial charge in [-0.05, 0) is 6.07 Å². The SMILES string of the molecule is CCSSCCNC(=O)CCNC(=O)[C@@H](O)C(C)(C)COP(=O)(O)OP(=O)(O)OC[C@H]1O[C@@H]([n+]2c[nH]c3c(N)ccnc32)C(O)[C@H]1OP(=O)(O)O. The zero-order chi connectivity index (χ0) is 38.2. The summed E-state index contributed by atoms with van der Waals surface area (Å²) < 4.78 is 62.2. The summed E-state index contributed by atoms with van der Waals surface area (Å²) in [6, 6.07) is 1.48. The number of aliphatic hydroxyl groups is 2. The first-order chi connectivity index (χ1) is 23.7. The van der Waals surface area contributed by atoms with Crippen LogP contribution in [0.2, 0.25) is 0 Å². The molecule has 51 heavy (non-hydrogen) atoms. The molecule has 0 spiro atoms. The first-order valence-corrected chi connectivity index (χ1v) is 22.0. The van der Waals surface area contributed by atoms with E-state index in [9.17, 15) is 53.1 Å². The first-order valence-electron chi connectivity index (χ1n) is 15.0. The Morgan fingerprint density at radius 3 is 2.49 bits per heavy atom. The van der Waals surface area contributed by atoms with E-state index < -0.39 is 78.6 Å². The minimum absolute atomic E-state index is 0.0711. The lowest BCUT2D eigenvalue weighted by atomic mass is 9.87. The van der Waals surface area contributed by atoms with Gasteiger partial charge in [-0.25, -0.2) is 18.3 Å². The van der Waals surface area contributed by atoms with Gasteiger partial charge in [-0.3, -0.25) is 28.1 Å². The molecule has 1 fully saturated rings. The zero-order valence-electron chi connectivity index (χ0n) is 27.5. The van der Waals surface area contributed by atoms with E-state index in [2.05, 4.69) is 29.4 Å². The number of H-pyrrole nitrogens is 1. The van der Waals surface area contributed by atoms with Crippen molar-refractivity contribution in [3.8, 4) is 0 Å². The van der Waals surface area contributed by atoms with Crippen molar-refractivity contribution >= 4 is 73.7 Å². The lowest BCUT2D eigenvalue weighted by Crippen LogP contribution is -2.46. The van der Waals surface area contributed by atoms with E-state index >= 15 is 0 Å². The van der Waals surface area contributed by atoms with E-state index in [0.29, 0.717) is 17.8 Å². The van der Waals surface area contributed by atoms with Crippen LogP contribution in [0.3, 0.4) is 0 Å². The number of amides is 2. The van der Waals surface area contributed by atoms with Gasteiger partial charge in [0.25, 0.3) is 0 Å². The average molecular weight is 828 g/mol. The molecule has 7 atom stereocenters. The molecule has 11 N–H and O–H groups in total. The first kappa shape index (κ1) is 43.7. The third kappa shape index (κ3) is 13.3. The monoisotopic (exact) mass is 827 g/mol. The minimum Gasteiger partial charge on any atom is -0.396 e. The van der Waals surface area contributed by atoms with Crippen molar-refractivity contribution in [2.45, 2.75) is 57.8 Å². The molecule has 0 aliphatic carbocycles. The smallest absolute Gasteiger partial charge is 0.396 e. The fourth-order valence-corrected chi connectivity index (χ4v) is 8.86. The molecule has 1 saturated heterocycles. The second-order valence-corrected chi connectivity index (χ2v) is 18.6. The lowest BCUT2D eigenvalue weighted by molar-refractivity contribution is -0.745. The summed E-state index contributed by atoms with van der Waals surface area (Å²) >= 11 is 0. The summed E-state index contributed by atoms with van der Waals surface area (Å²) in [6.07, 6.45) is -6.10. The third-order valence-corrected chi connectivity index (χ3v) is 12.5. The summed E-state index contributed by atoms with van der Waals surface area (Å²) in [5, 5.41) is 26.4. The number of aromatic amines is 1.